The van der Waals surface area contributed by atoms with E-state index in [2.05, 4.69) is 13.8 Å². The predicted molar refractivity (Wildman–Crippen MR) is 138 cm³/mol. The van der Waals surface area contributed by atoms with E-state index < -0.39 is 17.7 Å². The molecule has 5 rings (SSSR count). The third-order valence-corrected chi connectivity index (χ3v) is 6.75. The zero-order valence-corrected chi connectivity index (χ0v) is 21.3. The molecule has 1 saturated heterocycles. The van der Waals surface area contributed by atoms with Gasteiger partial charge in [0.15, 0.2) is 0 Å². The van der Waals surface area contributed by atoms with Crippen molar-refractivity contribution in [3.8, 4) is 11.5 Å². The molecule has 1 amide bonds. The number of furan rings is 1. The molecule has 1 aromatic heterocycles. The van der Waals surface area contributed by atoms with Gasteiger partial charge in [0.1, 0.15) is 29.1 Å². The van der Waals surface area contributed by atoms with E-state index in [1.807, 2.05) is 37.3 Å². The zero-order chi connectivity index (χ0) is 26.1. The Morgan fingerprint density at radius 1 is 1.14 bits per heavy atom. The highest BCUT2D eigenvalue weighted by molar-refractivity contribution is 6.46. The molecule has 2 unspecified atom stereocenters. The number of hydrogen-bond donors (Lipinski definition) is 1. The molecule has 1 N–H and O–H groups in total. The van der Waals surface area contributed by atoms with Crippen LogP contribution in [0.2, 0.25) is 0 Å². The maximum atomic E-state index is 13.4. The number of rotatable bonds is 8. The first-order valence-electron chi connectivity index (χ1n) is 12.7. The van der Waals surface area contributed by atoms with Crippen LogP contribution < -0.4 is 9.47 Å². The first-order valence-corrected chi connectivity index (χ1v) is 12.7. The molecule has 0 bridgehead atoms. The molecule has 37 heavy (non-hydrogen) atoms. The largest absolute Gasteiger partial charge is 0.507 e. The number of nitrogens with zero attached hydrogens (tertiary/aromatic N) is 1. The van der Waals surface area contributed by atoms with Gasteiger partial charge in [-0.1, -0.05) is 26.0 Å². The summed E-state index contributed by atoms with van der Waals surface area (Å²) < 4.78 is 17.2. The fourth-order valence-electron chi connectivity index (χ4n) is 4.87. The topological polar surface area (TPSA) is 89.2 Å². The number of likely N-dealkylation sites (tertiary alicyclic amines) is 1. The monoisotopic (exact) mass is 501 g/mol. The normalized spacial score (nSPS) is 20.4. The number of Topliss-reactive ketones (excluding diaryl/α,β-unsaturated/α-hetero) is 1. The van der Waals surface area contributed by atoms with E-state index in [1.54, 1.807) is 24.3 Å². The average molecular weight is 502 g/mol. The van der Waals surface area contributed by atoms with Crippen LogP contribution in [0.15, 0.2) is 70.9 Å². The van der Waals surface area contributed by atoms with Crippen molar-refractivity contribution >= 4 is 17.4 Å². The number of ether oxygens (including phenoxy) is 2. The van der Waals surface area contributed by atoms with E-state index in [0.717, 1.165) is 17.7 Å². The van der Waals surface area contributed by atoms with Gasteiger partial charge in [0.05, 0.1) is 31.0 Å². The second-order valence-electron chi connectivity index (χ2n) is 10.1. The Morgan fingerprint density at radius 2 is 1.97 bits per heavy atom. The lowest BCUT2D eigenvalue weighted by Gasteiger charge is -2.25. The fraction of sp³-hybridized carbons (Fsp3) is 0.333. The second-order valence-corrected chi connectivity index (χ2v) is 10.1. The Hall–Kier alpha value is -4.00. The SMILES string of the molecule is CC(C)CCOc1cccc(C2C(=C(O)c3ccc4c(c3)CC(C)O4)C(=O)C(=O)N2Cc2ccco2)c1. The molecule has 2 aliphatic heterocycles. The van der Waals surface area contributed by atoms with Crippen LogP contribution in [-0.4, -0.2) is 34.4 Å². The van der Waals surface area contributed by atoms with Crippen LogP contribution in [0, 0.1) is 5.92 Å². The number of aliphatic hydroxyl groups is 1. The van der Waals surface area contributed by atoms with Gasteiger partial charge in [0.25, 0.3) is 11.7 Å². The molecule has 0 aliphatic carbocycles. The molecule has 192 valence electrons. The molecule has 1 fully saturated rings. The lowest BCUT2D eigenvalue weighted by molar-refractivity contribution is -0.140. The minimum atomic E-state index is -0.804. The summed E-state index contributed by atoms with van der Waals surface area (Å²) in [5.74, 6) is 0.830. The molecule has 2 atom stereocenters. The summed E-state index contributed by atoms with van der Waals surface area (Å²) in [6.45, 7) is 6.90. The number of ketones is 1. The number of carbonyl (C=O) groups excluding carboxylic acids is 2. The van der Waals surface area contributed by atoms with Gasteiger partial charge in [-0.25, -0.2) is 0 Å². The van der Waals surface area contributed by atoms with Crippen molar-refractivity contribution in [2.24, 2.45) is 5.92 Å². The minimum absolute atomic E-state index is 0.0443. The molecule has 3 aromatic rings. The number of carbonyl (C=O) groups is 2. The van der Waals surface area contributed by atoms with Gasteiger partial charge in [-0.15, -0.1) is 0 Å². The Kier molecular flexibility index (Phi) is 6.78. The van der Waals surface area contributed by atoms with Crippen LogP contribution in [0.5, 0.6) is 11.5 Å². The molecule has 2 aliphatic rings. The van der Waals surface area contributed by atoms with Crippen molar-refractivity contribution in [3.63, 3.8) is 0 Å². The Labute approximate surface area is 216 Å². The van der Waals surface area contributed by atoms with Crippen LogP contribution in [0.1, 0.15) is 55.7 Å². The fourth-order valence-corrected chi connectivity index (χ4v) is 4.87. The summed E-state index contributed by atoms with van der Waals surface area (Å²) in [5, 5.41) is 11.4. The summed E-state index contributed by atoms with van der Waals surface area (Å²) in [7, 11) is 0. The van der Waals surface area contributed by atoms with Gasteiger partial charge in [-0.2, -0.15) is 0 Å². The van der Waals surface area contributed by atoms with Crippen molar-refractivity contribution in [3.05, 3.63) is 88.9 Å². The highest BCUT2D eigenvalue weighted by Gasteiger charge is 2.46. The highest BCUT2D eigenvalue weighted by Crippen LogP contribution is 2.42. The zero-order valence-electron chi connectivity index (χ0n) is 21.3. The van der Waals surface area contributed by atoms with E-state index >= 15 is 0 Å². The van der Waals surface area contributed by atoms with Crippen molar-refractivity contribution in [1.82, 2.24) is 4.90 Å². The molecule has 0 spiro atoms. The smallest absolute Gasteiger partial charge is 0.296 e. The van der Waals surface area contributed by atoms with Gasteiger partial charge in [0, 0.05) is 12.0 Å². The quantitative estimate of drug-likeness (QED) is 0.244. The number of amides is 1. The lowest BCUT2D eigenvalue weighted by Crippen LogP contribution is -2.29. The summed E-state index contributed by atoms with van der Waals surface area (Å²) >= 11 is 0. The van der Waals surface area contributed by atoms with Crippen molar-refractivity contribution in [1.29, 1.82) is 0 Å². The Bertz CT molecular complexity index is 1340. The van der Waals surface area contributed by atoms with Gasteiger partial charge in [-0.3, -0.25) is 9.59 Å². The molecule has 7 nitrogen and oxygen atoms in total. The summed E-state index contributed by atoms with van der Waals surface area (Å²) in [6.07, 6.45) is 3.19. The summed E-state index contributed by atoms with van der Waals surface area (Å²) in [6, 6.07) is 15.4. The summed E-state index contributed by atoms with van der Waals surface area (Å²) in [5.41, 5.74) is 2.15. The van der Waals surface area contributed by atoms with Gasteiger partial charge in [-0.05, 0) is 72.9 Å². The van der Waals surface area contributed by atoms with E-state index in [4.69, 9.17) is 13.9 Å². The Balaban J connectivity index is 1.57. The molecule has 0 radical (unpaired) electrons. The van der Waals surface area contributed by atoms with Crippen LogP contribution in [0.4, 0.5) is 0 Å². The standard InChI is InChI=1S/C30H31NO6/c1-18(2)11-13-36-23-7-4-6-20(16-23)27-26(29(33)30(34)31(27)17-24-8-5-12-35-24)28(32)21-9-10-25-22(15-21)14-19(3)37-25/h4-10,12,15-16,18-19,27,32H,11,13-14,17H2,1-3H3. The van der Waals surface area contributed by atoms with E-state index in [-0.39, 0.29) is 24.0 Å². The molecule has 3 heterocycles. The second kappa shape index (κ2) is 10.2. The van der Waals surface area contributed by atoms with Gasteiger partial charge in [0.2, 0.25) is 0 Å². The van der Waals surface area contributed by atoms with E-state index in [0.29, 0.717) is 41.6 Å². The minimum Gasteiger partial charge on any atom is -0.507 e. The molecular weight excluding hydrogens is 470 g/mol. The number of hydrogen-bond acceptors (Lipinski definition) is 6. The van der Waals surface area contributed by atoms with Crippen molar-refractivity contribution in [2.45, 2.75) is 52.3 Å². The van der Waals surface area contributed by atoms with Crippen LogP contribution in [0.3, 0.4) is 0 Å². The molecular formula is C30H31NO6. The molecule has 7 heteroatoms. The van der Waals surface area contributed by atoms with E-state index in [9.17, 15) is 14.7 Å². The number of aliphatic hydroxyl groups excluding tert-OH is 1. The van der Waals surface area contributed by atoms with Gasteiger partial charge >= 0.3 is 0 Å². The van der Waals surface area contributed by atoms with Crippen molar-refractivity contribution in [2.75, 3.05) is 6.61 Å². The van der Waals surface area contributed by atoms with E-state index in [1.165, 1.54) is 11.2 Å². The lowest BCUT2D eigenvalue weighted by atomic mass is 9.94. The first kappa shape index (κ1) is 24.7. The molecule has 0 saturated carbocycles. The van der Waals surface area contributed by atoms with Crippen LogP contribution in [-0.2, 0) is 22.6 Å². The summed E-state index contributed by atoms with van der Waals surface area (Å²) in [4.78, 5) is 28.1. The van der Waals surface area contributed by atoms with Crippen molar-refractivity contribution < 1.29 is 28.6 Å². The van der Waals surface area contributed by atoms with Crippen LogP contribution in [0.25, 0.3) is 5.76 Å². The third-order valence-electron chi connectivity index (χ3n) is 6.75. The predicted octanol–water partition coefficient (Wildman–Crippen LogP) is 5.65. The molecule has 2 aromatic carbocycles. The first-order chi connectivity index (χ1) is 17.8. The Morgan fingerprint density at radius 3 is 2.73 bits per heavy atom. The third kappa shape index (κ3) is 4.99. The van der Waals surface area contributed by atoms with Gasteiger partial charge < -0.3 is 23.9 Å². The van der Waals surface area contributed by atoms with Crippen LogP contribution >= 0.6 is 0 Å². The number of benzene rings is 2. The maximum Gasteiger partial charge on any atom is 0.296 e. The average Bonchev–Trinajstić information content (AvgIpc) is 3.58. The highest BCUT2D eigenvalue weighted by atomic mass is 16.5. The maximum absolute atomic E-state index is 13.4. The number of fused-ring (bicyclic) bond motifs is 1.